The molecule has 1 aromatic carbocycles. The van der Waals surface area contributed by atoms with Gasteiger partial charge in [-0.2, -0.15) is 0 Å². The Bertz CT molecular complexity index is 651. The third-order valence-corrected chi connectivity index (χ3v) is 4.90. The van der Waals surface area contributed by atoms with E-state index < -0.39 is 0 Å². The molecule has 3 N–H and O–H groups in total. The lowest BCUT2D eigenvalue weighted by Crippen LogP contribution is -2.34. The summed E-state index contributed by atoms with van der Waals surface area (Å²) >= 11 is 1.48. The predicted molar refractivity (Wildman–Crippen MR) is 99.5 cm³/mol. The van der Waals surface area contributed by atoms with Gasteiger partial charge in [-0.05, 0) is 38.2 Å². The van der Waals surface area contributed by atoms with Crippen LogP contribution in [0.1, 0.15) is 39.6 Å². The minimum atomic E-state index is -0.133. The highest BCUT2D eigenvalue weighted by Crippen LogP contribution is 2.19. The second-order valence-corrected chi connectivity index (χ2v) is 6.89. The highest BCUT2D eigenvalue weighted by atomic mass is 32.1. The maximum absolute atomic E-state index is 12.3. The van der Waals surface area contributed by atoms with Gasteiger partial charge in [0.25, 0.3) is 5.91 Å². The fourth-order valence-corrected chi connectivity index (χ4v) is 3.30. The van der Waals surface area contributed by atoms with Crippen LogP contribution in [0.2, 0.25) is 0 Å². The summed E-state index contributed by atoms with van der Waals surface area (Å²) in [7, 11) is 4.04. The summed E-state index contributed by atoms with van der Waals surface area (Å²) < 4.78 is 0. The number of nitrogens with zero attached hydrogens (tertiary/aromatic N) is 2. The molecule has 0 aliphatic rings. The lowest BCUT2D eigenvalue weighted by molar-refractivity contribution is 0.0937. The molecule has 0 saturated carbocycles. The Hall–Kier alpha value is -1.76. The zero-order valence-corrected chi connectivity index (χ0v) is 15.4. The van der Waals surface area contributed by atoms with Crippen molar-refractivity contribution in [2.45, 2.75) is 25.8 Å². The monoisotopic (exact) mass is 346 g/mol. The number of benzene rings is 1. The number of rotatable bonds is 8. The molecule has 0 bridgehead atoms. The molecule has 0 saturated heterocycles. The van der Waals surface area contributed by atoms with Crippen LogP contribution in [-0.4, -0.2) is 43.0 Å². The van der Waals surface area contributed by atoms with E-state index in [1.54, 1.807) is 5.38 Å². The van der Waals surface area contributed by atoms with Crippen molar-refractivity contribution in [3.8, 4) is 0 Å². The van der Waals surface area contributed by atoms with Gasteiger partial charge in [0.2, 0.25) is 0 Å². The van der Waals surface area contributed by atoms with Crippen molar-refractivity contribution in [3.05, 3.63) is 51.5 Å². The number of nitrogens with one attached hydrogen (secondary N) is 1. The van der Waals surface area contributed by atoms with E-state index in [-0.39, 0.29) is 11.9 Å². The van der Waals surface area contributed by atoms with E-state index in [4.69, 9.17) is 5.73 Å². The summed E-state index contributed by atoms with van der Waals surface area (Å²) in [5.74, 6) is -0.133. The maximum Gasteiger partial charge on any atom is 0.270 e. The normalized spacial score (nSPS) is 12.4. The molecular weight excluding hydrogens is 320 g/mol. The minimum absolute atomic E-state index is 0.127. The molecule has 1 unspecified atom stereocenters. The van der Waals surface area contributed by atoms with Crippen molar-refractivity contribution in [2.75, 3.05) is 27.2 Å². The molecule has 0 aliphatic carbocycles. The van der Waals surface area contributed by atoms with Gasteiger partial charge in [0.05, 0.1) is 11.0 Å². The number of nitrogens with two attached hydrogens (primary N) is 1. The van der Waals surface area contributed by atoms with Crippen LogP contribution in [0.3, 0.4) is 0 Å². The Morgan fingerprint density at radius 3 is 2.62 bits per heavy atom. The molecule has 6 heteroatoms. The van der Waals surface area contributed by atoms with Gasteiger partial charge in [-0.15, -0.1) is 11.3 Å². The zero-order valence-electron chi connectivity index (χ0n) is 14.6. The predicted octanol–water partition coefficient (Wildman–Crippen LogP) is 2.24. The van der Waals surface area contributed by atoms with Crippen molar-refractivity contribution >= 4 is 17.2 Å². The molecule has 2 aromatic rings. The van der Waals surface area contributed by atoms with Crippen molar-refractivity contribution in [3.63, 3.8) is 0 Å². The Kier molecular flexibility index (Phi) is 6.90. The van der Waals surface area contributed by atoms with Gasteiger partial charge in [0.15, 0.2) is 0 Å². The van der Waals surface area contributed by atoms with Crippen molar-refractivity contribution < 1.29 is 4.79 Å². The van der Waals surface area contributed by atoms with Gasteiger partial charge >= 0.3 is 0 Å². The van der Waals surface area contributed by atoms with Crippen LogP contribution < -0.4 is 11.1 Å². The van der Waals surface area contributed by atoms with Crippen molar-refractivity contribution in [1.82, 2.24) is 15.2 Å². The highest BCUT2D eigenvalue weighted by Gasteiger charge is 2.17. The Balaban J connectivity index is 2.00. The van der Waals surface area contributed by atoms with Gasteiger partial charge in [-0.25, -0.2) is 4.98 Å². The van der Waals surface area contributed by atoms with Gasteiger partial charge in [-0.3, -0.25) is 4.79 Å². The van der Waals surface area contributed by atoms with Crippen LogP contribution in [0.5, 0.6) is 0 Å². The average Bonchev–Trinajstić information content (AvgIpc) is 3.04. The van der Waals surface area contributed by atoms with E-state index in [1.165, 1.54) is 22.5 Å². The highest BCUT2D eigenvalue weighted by molar-refractivity contribution is 7.09. The topological polar surface area (TPSA) is 71.2 Å². The van der Waals surface area contributed by atoms with Crippen molar-refractivity contribution in [2.24, 2.45) is 5.73 Å². The molecule has 130 valence electrons. The smallest absolute Gasteiger partial charge is 0.270 e. The van der Waals surface area contributed by atoms with E-state index in [0.717, 1.165) is 11.4 Å². The van der Waals surface area contributed by atoms with Crippen LogP contribution >= 0.6 is 11.3 Å². The van der Waals surface area contributed by atoms with Gasteiger partial charge in [-0.1, -0.05) is 31.2 Å². The SMILES string of the molecule is CCc1ccc(C(CNC(=O)c2csc(CCN)n2)N(C)C)cc1. The van der Waals surface area contributed by atoms with E-state index in [0.29, 0.717) is 25.2 Å². The largest absolute Gasteiger partial charge is 0.349 e. The summed E-state index contributed by atoms with van der Waals surface area (Å²) in [6, 6.07) is 8.69. The molecule has 1 atom stereocenters. The number of thiazole rings is 1. The van der Waals surface area contributed by atoms with Crippen LogP contribution in [0.25, 0.3) is 0 Å². The molecule has 0 spiro atoms. The molecular formula is C18H26N4OS. The number of aromatic nitrogens is 1. The molecule has 0 aliphatic heterocycles. The Morgan fingerprint density at radius 2 is 2.04 bits per heavy atom. The first-order valence-corrected chi connectivity index (χ1v) is 9.11. The second-order valence-electron chi connectivity index (χ2n) is 5.95. The van der Waals surface area contributed by atoms with E-state index in [2.05, 4.69) is 46.4 Å². The van der Waals surface area contributed by atoms with E-state index in [1.807, 2.05) is 14.1 Å². The third kappa shape index (κ3) is 4.87. The second kappa shape index (κ2) is 8.92. The van der Waals surface area contributed by atoms with Gasteiger partial charge in [0.1, 0.15) is 5.69 Å². The first-order chi connectivity index (χ1) is 11.5. The molecule has 24 heavy (non-hydrogen) atoms. The van der Waals surface area contributed by atoms with Gasteiger partial charge in [0, 0.05) is 18.3 Å². The minimum Gasteiger partial charge on any atom is -0.349 e. The molecule has 1 aromatic heterocycles. The number of carbonyl (C=O) groups excluding carboxylic acids is 1. The number of hydrogen-bond donors (Lipinski definition) is 2. The number of likely N-dealkylation sites (N-methyl/N-ethyl adjacent to an activating group) is 1. The van der Waals surface area contributed by atoms with Crippen LogP contribution in [0.15, 0.2) is 29.6 Å². The first kappa shape index (κ1) is 18.6. The Morgan fingerprint density at radius 1 is 1.33 bits per heavy atom. The Labute approximate surface area is 147 Å². The van der Waals surface area contributed by atoms with Crippen LogP contribution in [0.4, 0.5) is 0 Å². The molecule has 5 nitrogen and oxygen atoms in total. The van der Waals surface area contributed by atoms with Gasteiger partial charge < -0.3 is 16.0 Å². The van der Waals surface area contributed by atoms with E-state index in [9.17, 15) is 4.79 Å². The number of aryl methyl sites for hydroxylation is 1. The fraction of sp³-hybridized carbons (Fsp3) is 0.444. The summed E-state index contributed by atoms with van der Waals surface area (Å²) in [5.41, 5.74) is 8.51. The zero-order chi connectivity index (χ0) is 17.5. The molecule has 0 fully saturated rings. The summed E-state index contributed by atoms with van der Waals surface area (Å²) in [4.78, 5) is 18.7. The summed E-state index contributed by atoms with van der Waals surface area (Å²) in [6.07, 6.45) is 1.74. The fourth-order valence-electron chi connectivity index (χ4n) is 2.51. The molecule has 1 amide bonds. The molecule has 2 rings (SSSR count). The number of carbonyl (C=O) groups is 1. The van der Waals surface area contributed by atoms with Crippen LogP contribution in [0, 0.1) is 0 Å². The van der Waals surface area contributed by atoms with Crippen LogP contribution in [-0.2, 0) is 12.8 Å². The summed E-state index contributed by atoms with van der Waals surface area (Å²) in [5, 5.41) is 5.69. The first-order valence-electron chi connectivity index (χ1n) is 8.23. The quantitative estimate of drug-likeness (QED) is 0.769. The molecule has 0 radical (unpaired) electrons. The average molecular weight is 347 g/mol. The standard InChI is InChI=1S/C18H26N4OS/c1-4-13-5-7-14(8-6-13)16(22(2)3)11-20-18(23)15-12-24-17(21-15)9-10-19/h5-8,12,16H,4,9-11,19H2,1-3H3,(H,20,23). The lowest BCUT2D eigenvalue weighted by Gasteiger charge is -2.25. The molecule has 1 heterocycles. The number of hydrogen-bond acceptors (Lipinski definition) is 5. The van der Waals surface area contributed by atoms with Crippen molar-refractivity contribution in [1.29, 1.82) is 0 Å². The summed E-state index contributed by atoms with van der Waals surface area (Å²) in [6.45, 7) is 3.23. The number of amides is 1. The third-order valence-electron chi connectivity index (χ3n) is 3.99. The van der Waals surface area contributed by atoms with E-state index >= 15 is 0 Å². The maximum atomic E-state index is 12.3. The lowest BCUT2D eigenvalue weighted by atomic mass is 10.0.